The van der Waals surface area contributed by atoms with Crippen LogP contribution in [0.2, 0.25) is 0 Å². The van der Waals surface area contributed by atoms with Crippen molar-refractivity contribution in [1.82, 2.24) is 4.90 Å². The molecule has 0 spiro atoms. The summed E-state index contributed by atoms with van der Waals surface area (Å²) in [5, 5.41) is 0. The van der Waals surface area contributed by atoms with Crippen LogP contribution in [0.3, 0.4) is 0 Å². The highest BCUT2D eigenvalue weighted by atomic mass is 16.5. The first kappa shape index (κ1) is 12.5. The van der Waals surface area contributed by atoms with E-state index < -0.39 is 18.0 Å². The molecule has 0 saturated carbocycles. The van der Waals surface area contributed by atoms with Crippen molar-refractivity contribution in [2.45, 2.75) is 25.3 Å². The normalized spacial score (nSPS) is 19.4. The Morgan fingerprint density at radius 1 is 1.25 bits per heavy atom. The van der Waals surface area contributed by atoms with Gasteiger partial charge in [-0.25, -0.2) is 4.79 Å². The number of methoxy groups -OCH3 is 2. The maximum absolute atomic E-state index is 11.7. The molecule has 0 N–H and O–H groups in total. The number of hydrogen-bond acceptors (Lipinski definition) is 5. The van der Waals surface area contributed by atoms with Crippen molar-refractivity contribution in [3.63, 3.8) is 0 Å². The standard InChI is InChI=1S/C10H15NO5/c1-15-9(13)6-8(12)11-5-3-4-7(11)10(14)16-2/h7H,3-6H2,1-2H3/t7-/m0/s1. The maximum Gasteiger partial charge on any atom is 0.328 e. The molecule has 1 saturated heterocycles. The van der Waals surface area contributed by atoms with Crippen LogP contribution in [0.25, 0.3) is 0 Å². The van der Waals surface area contributed by atoms with Crippen molar-refractivity contribution in [1.29, 1.82) is 0 Å². The molecule has 0 unspecified atom stereocenters. The number of esters is 2. The highest BCUT2D eigenvalue weighted by Crippen LogP contribution is 2.19. The van der Waals surface area contributed by atoms with Crippen molar-refractivity contribution in [2.24, 2.45) is 0 Å². The molecule has 16 heavy (non-hydrogen) atoms. The van der Waals surface area contributed by atoms with Gasteiger partial charge in [0, 0.05) is 6.54 Å². The fraction of sp³-hybridized carbons (Fsp3) is 0.700. The summed E-state index contributed by atoms with van der Waals surface area (Å²) in [5.74, 6) is -1.42. The first-order valence-corrected chi connectivity index (χ1v) is 5.04. The third kappa shape index (κ3) is 2.71. The zero-order valence-electron chi connectivity index (χ0n) is 9.39. The molecule has 1 heterocycles. The summed E-state index contributed by atoms with van der Waals surface area (Å²) in [6.07, 6.45) is 0.996. The maximum atomic E-state index is 11.7. The van der Waals surface area contributed by atoms with Gasteiger partial charge in [0.05, 0.1) is 14.2 Å². The lowest BCUT2D eigenvalue weighted by molar-refractivity contribution is -0.154. The smallest absolute Gasteiger partial charge is 0.328 e. The van der Waals surface area contributed by atoms with E-state index in [0.29, 0.717) is 13.0 Å². The minimum absolute atomic E-state index is 0.329. The van der Waals surface area contributed by atoms with Crippen LogP contribution in [0.15, 0.2) is 0 Å². The van der Waals surface area contributed by atoms with Crippen LogP contribution in [0, 0.1) is 0 Å². The molecule has 0 bridgehead atoms. The molecule has 1 atom stereocenters. The Bertz CT molecular complexity index is 302. The van der Waals surface area contributed by atoms with Gasteiger partial charge in [-0.15, -0.1) is 0 Å². The Balaban J connectivity index is 2.61. The molecule has 1 aliphatic rings. The number of ether oxygens (including phenoxy) is 2. The quantitative estimate of drug-likeness (QED) is 0.491. The van der Waals surface area contributed by atoms with E-state index in [9.17, 15) is 14.4 Å². The van der Waals surface area contributed by atoms with E-state index in [1.807, 2.05) is 0 Å². The molecule has 1 amide bonds. The predicted molar refractivity (Wildman–Crippen MR) is 53.4 cm³/mol. The molecule has 1 fully saturated rings. The number of hydrogen-bond donors (Lipinski definition) is 0. The molecule has 0 aliphatic carbocycles. The third-order valence-corrected chi connectivity index (χ3v) is 2.57. The van der Waals surface area contributed by atoms with E-state index in [4.69, 9.17) is 0 Å². The summed E-state index contributed by atoms with van der Waals surface area (Å²) in [4.78, 5) is 35.3. The van der Waals surface area contributed by atoms with Crippen LogP contribution in [0.4, 0.5) is 0 Å². The Kier molecular flexibility index (Phi) is 4.28. The highest BCUT2D eigenvalue weighted by Gasteiger charge is 2.35. The molecule has 0 aromatic heterocycles. The number of carbonyl (C=O) groups excluding carboxylic acids is 3. The number of nitrogens with zero attached hydrogens (tertiary/aromatic N) is 1. The third-order valence-electron chi connectivity index (χ3n) is 2.57. The monoisotopic (exact) mass is 229 g/mol. The van der Waals surface area contributed by atoms with Gasteiger partial charge in [0.2, 0.25) is 5.91 Å². The topological polar surface area (TPSA) is 72.9 Å². The zero-order chi connectivity index (χ0) is 12.1. The van der Waals surface area contributed by atoms with Crippen molar-refractivity contribution in [3.8, 4) is 0 Å². The van der Waals surface area contributed by atoms with Crippen LogP contribution in [-0.2, 0) is 23.9 Å². The van der Waals surface area contributed by atoms with E-state index >= 15 is 0 Å². The highest BCUT2D eigenvalue weighted by molar-refractivity contribution is 5.96. The molecule has 6 heteroatoms. The lowest BCUT2D eigenvalue weighted by Crippen LogP contribution is -2.41. The van der Waals surface area contributed by atoms with E-state index in [1.54, 1.807) is 0 Å². The van der Waals surface area contributed by atoms with Gasteiger partial charge in [-0.05, 0) is 12.8 Å². The van der Waals surface area contributed by atoms with E-state index in [-0.39, 0.29) is 12.3 Å². The van der Waals surface area contributed by atoms with Crippen LogP contribution in [0.5, 0.6) is 0 Å². The molecule has 90 valence electrons. The van der Waals surface area contributed by atoms with Crippen LogP contribution in [-0.4, -0.2) is 49.6 Å². The predicted octanol–water partition coefficient (Wildman–Crippen LogP) is -0.287. The zero-order valence-corrected chi connectivity index (χ0v) is 9.39. The van der Waals surface area contributed by atoms with Crippen molar-refractivity contribution < 1.29 is 23.9 Å². The van der Waals surface area contributed by atoms with E-state index in [1.165, 1.54) is 19.1 Å². The summed E-state index contributed by atoms with van der Waals surface area (Å²) in [5.41, 5.74) is 0. The van der Waals surface area contributed by atoms with Gasteiger partial charge in [0.1, 0.15) is 12.5 Å². The lowest BCUT2D eigenvalue weighted by Gasteiger charge is -2.21. The second-order valence-corrected chi connectivity index (χ2v) is 3.52. The summed E-state index contributed by atoms with van der Waals surface area (Å²) >= 11 is 0. The Labute approximate surface area is 93.5 Å². The first-order valence-electron chi connectivity index (χ1n) is 5.04. The van der Waals surface area contributed by atoms with Crippen molar-refractivity contribution >= 4 is 17.8 Å². The molecule has 0 aromatic rings. The van der Waals surface area contributed by atoms with Gasteiger partial charge < -0.3 is 14.4 Å². The van der Waals surface area contributed by atoms with Crippen molar-refractivity contribution in [2.75, 3.05) is 20.8 Å². The van der Waals surface area contributed by atoms with Crippen LogP contribution in [0.1, 0.15) is 19.3 Å². The van der Waals surface area contributed by atoms with E-state index in [0.717, 1.165) is 6.42 Å². The van der Waals surface area contributed by atoms with Gasteiger partial charge in [0.25, 0.3) is 0 Å². The van der Waals surface area contributed by atoms with E-state index in [2.05, 4.69) is 9.47 Å². The number of amides is 1. The number of carbonyl (C=O) groups is 3. The second kappa shape index (κ2) is 5.48. The minimum atomic E-state index is -0.597. The molecule has 1 aliphatic heterocycles. The average molecular weight is 229 g/mol. The minimum Gasteiger partial charge on any atom is -0.469 e. The van der Waals surface area contributed by atoms with Gasteiger partial charge in [-0.3, -0.25) is 9.59 Å². The number of rotatable bonds is 3. The first-order chi connectivity index (χ1) is 7.60. The van der Waals surface area contributed by atoms with Gasteiger partial charge in [-0.2, -0.15) is 0 Å². The van der Waals surface area contributed by atoms with Gasteiger partial charge >= 0.3 is 11.9 Å². The number of likely N-dealkylation sites (tertiary alicyclic amines) is 1. The molecular weight excluding hydrogens is 214 g/mol. The second-order valence-electron chi connectivity index (χ2n) is 3.52. The summed E-state index contributed by atoms with van der Waals surface area (Å²) in [6.45, 7) is 0.482. The molecule has 6 nitrogen and oxygen atoms in total. The average Bonchev–Trinajstić information content (AvgIpc) is 2.76. The fourth-order valence-corrected chi connectivity index (χ4v) is 1.74. The molecule has 1 rings (SSSR count). The molecular formula is C10H15NO5. The Hall–Kier alpha value is -1.59. The van der Waals surface area contributed by atoms with Crippen LogP contribution < -0.4 is 0 Å². The SMILES string of the molecule is COC(=O)CC(=O)N1CCC[C@H]1C(=O)OC. The molecule has 0 aromatic carbocycles. The summed E-state index contributed by atoms with van der Waals surface area (Å²) in [6, 6.07) is -0.554. The Morgan fingerprint density at radius 2 is 1.94 bits per heavy atom. The van der Waals surface area contributed by atoms with Crippen molar-refractivity contribution in [3.05, 3.63) is 0 Å². The Morgan fingerprint density at radius 3 is 2.50 bits per heavy atom. The summed E-state index contributed by atoms with van der Waals surface area (Å²) < 4.78 is 9.00. The van der Waals surface area contributed by atoms with Crippen LogP contribution >= 0.6 is 0 Å². The lowest BCUT2D eigenvalue weighted by atomic mass is 10.2. The summed E-state index contributed by atoms with van der Waals surface area (Å²) in [7, 11) is 2.50. The largest absolute Gasteiger partial charge is 0.469 e. The van der Waals surface area contributed by atoms with Gasteiger partial charge in [0.15, 0.2) is 0 Å². The molecule has 0 radical (unpaired) electrons. The fourth-order valence-electron chi connectivity index (χ4n) is 1.74. The van der Waals surface area contributed by atoms with Gasteiger partial charge in [-0.1, -0.05) is 0 Å².